The van der Waals surface area contributed by atoms with Gasteiger partial charge in [-0.25, -0.2) is 9.97 Å². The van der Waals surface area contributed by atoms with Crippen molar-refractivity contribution in [2.24, 2.45) is 0 Å². The van der Waals surface area contributed by atoms with Crippen molar-refractivity contribution in [3.63, 3.8) is 0 Å². The van der Waals surface area contributed by atoms with E-state index in [4.69, 9.17) is 4.74 Å². The van der Waals surface area contributed by atoms with Crippen LogP contribution in [-0.4, -0.2) is 21.2 Å². The van der Waals surface area contributed by atoms with E-state index in [9.17, 15) is 19.3 Å². The van der Waals surface area contributed by atoms with Crippen LogP contribution in [0.25, 0.3) is 0 Å². The Kier molecular flexibility index (Phi) is 3.42. The maximum Gasteiger partial charge on any atom is 0.321 e. The highest BCUT2D eigenvalue weighted by molar-refractivity contribution is 5.73. The monoisotopic (exact) mass is 263 g/mol. The number of hydrogen-bond donors (Lipinski definition) is 0. The molecule has 1 aromatic carbocycles. The lowest BCUT2D eigenvalue weighted by molar-refractivity contribution is -0.387. The number of benzene rings is 1. The topological polar surface area (TPSA) is 95.2 Å². The van der Waals surface area contributed by atoms with E-state index in [0.717, 1.165) is 12.1 Å². The first-order valence-electron chi connectivity index (χ1n) is 4.99. The summed E-state index contributed by atoms with van der Waals surface area (Å²) in [6.45, 7) is 0. The van der Waals surface area contributed by atoms with E-state index < -0.39 is 16.4 Å². The molecular weight excluding hydrogens is 257 g/mol. The summed E-state index contributed by atoms with van der Waals surface area (Å²) in [6, 6.07) is 2.96. The van der Waals surface area contributed by atoms with E-state index in [2.05, 4.69) is 9.97 Å². The largest absolute Gasteiger partial charge is 0.424 e. The van der Waals surface area contributed by atoms with E-state index in [1.807, 2.05) is 0 Å². The minimum Gasteiger partial charge on any atom is -0.424 e. The molecule has 0 amide bonds. The fourth-order valence-corrected chi connectivity index (χ4v) is 1.24. The van der Waals surface area contributed by atoms with Gasteiger partial charge in [-0.3, -0.25) is 14.9 Å². The Bertz CT molecular complexity index is 630. The fourth-order valence-electron chi connectivity index (χ4n) is 1.24. The lowest BCUT2D eigenvalue weighted by Crippen LogP contribution is -1.96. The van der Waals surface area contributed by atoms with E-state index in [-0.39, 0.29) is 17.3 Å². The van der Waals surface area contributed by atoms with Crippen LogP contribution in [0.2, 0.25) is 0 Å². The molecule has 0 radical (unpaired) electrons. The smallest absolute Gasteiger partial charge is 0.321 e. The van der Waals surface area contributed by atoms with Gasteiger partial charge in [0.05, 0.1) is 10.5 Å². The molecule has 0 saturated carbocycles. The Morgan fingerprint density at radius 3 is 2.53 bits per heavy atom. The third-order valence-corrected chi connectivity index (χ3v) is 2.11. The molecule has 0 atom stereocenters. The number of ether oxygens (including phenoxy) is 1. The van der Waals surface area contributed by atoms with Crippen molar-refractivity contribution in [3.05, 3.63) is 52.1 Å². The van der Waals surface area contributed by atoms with Crippen LogP contribution in [0.4, 0.5) is 10.1 Å². The van der Waals surface area contributed by atoms with Crippen molar-refractivity contribution >= 4 is 12.0 Å². The van der Waals surface area contributed by atoms with Gasteiger partial charge in [0.1, 0.15) is 5.75 Å². The molecule has 0 saturated heterocycles. The van der Waals surface area contributed by atoms with Crippen molar-refractivity contribution in [2.45, 2.75) is 0 Å². The highest BCUT2D eigenvalue weighted by Gasteiger charge is 2.14. The quantitative estimate of drug-likeness (QED) is 0.476. The van der Waals surface area contributed by atoms with Gasteiger partial charge in [-0.1, -0.05) is 0 Å². The summed E-state index contributed by atoms with van der Waals surface area (Å²) >= 11 is 0. The number of nitro groups is 1. The second-order valence-electron chi connectivity index (χ2n) is 3.39. The van der Waals surface area contributed by atoms with Gasteiger partial charge in [-0.2, -0.15) is 4.39 Å². The number of aldehydes is 1. The van der Waals surface area contributed by atoms with Gasteiger partial charge in [-0.05, 0) is 6.07 Å². The van der Waals surface area contributed by atoms with Crippen LogP contribution in [0.1, 0.15) is 10.4 Å². The average Bonchev–Trinajstić information content (AvgIpc) is 2.39. The summed E-state index contributed by atoms with van der Waals surface area (Å²) in [5, 5.41) is 10.4. The molecule has 1 heterocycles. The summed E-state index contributed by atoms with van der Waals surface area (Å²) in [4.78, 5) is 27.4. The SMILES string of the molecule is O=Cc1cnc(Oc2ccc([N+](=O)[O-])c(F)c2)nc1. The third-order valence-electron chi connectivity index (χ3n) is 2.11. The molecule has 1 aromatic heterocycles. The van der Waals surface area contributed by atoms with Crippen molar-refractivity contribution in [3.8, 4) is 11.8 Å². The van der Waals surface area contributed by atoms with Crippen LogP contribution in [0.3, 0.4) is 0 Å². The van der Waals surface area contributed by atoms with E-state index >= 15 is 0 Å². The Hall–Kier alpha value is -2.90. The molecule has 7 nitrogen and oxygen atoms in total. The Balaban J connectivity index is 2.21. The van der Waals surface area contributed by atoms with Crippen molar-refractivity contribution in [1.82, 2.24) is 9.97 Å². The first-order chi connectivity index (χ1) is 9.10. The minimum absolute atomic E-state index is 0.0157. The number of carbonyl (C=O) groups excluding carboxylic acids is 1. The molecule has 0 unspecified atom stereocenters. The molecule has 19 heavy (non-hydrogen) atoms. The highest BCUT2D eigenvalue weighted by Crippen LogP contribution is 2.24. The first kappa shape index (κ1) is 12.6. The predicted octanol–water partition coefficient (Wildman–Crippen LogP) is 2.13. The summed E-state index contributed by atoms with van der Waals surface area (Å²) in [5.41, 5.74) is -0.383. The molecule has 0 bridgehead atoms. The zero-order valence-electron chi connectivity index (χ0n) is 9.32. The van der Waals surface area contributed by atoms with Gasteiger partial charge in [0.2, 0.25) is 5.82 Å². The Morgan fingerprint density at radius 2 is 2.00 bits per heavy atom. The van der Waals surface area contributed by atoms with Gasteiger partial charge in [0.15, 0.2) is 6.29 Å². The lowest BCUT2D eigenvalue weighted by Gasteiger charge is -2.03. The van der Waals surface area contributed by atoms with E-state index in [1.54, 1.807) is 0 Å². The van der Waals surface area contributed by atoms with E-state index in [0.29, 0.717) is 6.29 Å². The average molecular weight is 263 g/mol. The molecule has 0 aliphatic rings. The minimum atomic E-state index is -1.02. The normalized spacial score (nSPS) is 9.95. The number of hydrogen-bond acceptors (Lipinski definition) is 6. The number of carbonyl (C=O) groups is 1. The van der Waals surface area contributed by atoms with Crippen LogP contribution >= 0.6 is 0 Å². The van der Waals surface area contributed by atoms with Crippen LogP contribution in [0.15, 0.2) is 30.6 Å². The summed E-state index contributed by atoms with van der Waals surface area (Å²) < 4.78 is 18.4. The van der Waals surface area contributed by atoms with Crippen LogP contribution in [-0.2, 0) is 0 Å². The zero-order valence-corrected chi connectivity index (χ0v) is 9.32. The maximum absolute atomic E-state index is 13.3. The Morgan fingerprint density at radius 1 is 1.32 bits per heavy atom. The summed E-state index contributed by atoms with van der Waals surface area (Å²) in [5.74, 6) is -1.01. The number of rotatable bonds is 4. The molecular formula is C11H6FN3O4. The molecule has 0 aliphatic heterocycles. The fraction of sp³-hybridized carbons (Fsp3) is 0. The molecule has 8 heteroatoms. The zero-order chi connectivity index (χ0) is 13.8. The van der Waals surface area contributed by atoms with Crippen molar-refractivity contribution in [1.29, 1.82) is 0 Å². The van der Waals surface area contributed by atoms with Gasteiger partial charge in [-0.15, -0.1) is 0 Å². The first-order valence-corrected chi connectivity index (χ1v) is 4.99. The Labute approximate surface area is 105 Å². The van der Waals surface area contributed by atoms with E-state index in [1.165, 1.54) is 18.5 Å². The van der Waals surface area contributed by atoms with Crippen molar-refractivity contribution < 1.29 is 18.8 Å². The number of nitro benzene ring substituents is 1. The van der Waals surface area contributed by atoms with Crippen LogP contribution in [0.5, 0.6) is 11.8 Å². The van der Waals surface area contributed by atoms with Crippen LogP contribution in [0, 0.1) is 15.9 Å². The molecule has 0 aliphatic carbocycles. The molecule has 96 valence electrons. The molecule has 0 fully saturated rings. The maximum atomic E-state index is 13.3. The molecule has 0 N–H and O–H groups in total. The standard InChI is InChI=1S/C11H6FN3O4/c12-9-3-8(1-2-10(9)15(17)18)19-11-13-4-7(6-16)5-14-11/h1-6H. The summed E-state index contributed by atoms with van der Waals surface area (Å²) in [7, 11) is 0. The lowest BCUT2D eigenvalue weighted by atomic mass is 10.3. The number of nitrogens with zero attached hydrogens (tertiary/aromatic N) is 3. The molecule has 2 aromatic rings. The molecule has 0 spiro atoms. The second-order valence-corrected chi connectivity index (χ2v) is 3.39. The van der Waals surface area contributed by atoms with Crippen LogP contribution < -0.4 is 4.74 Å². The van der Waals surface area contributed by atoms with Gasteiger partial charge >= 0.3 is 11.7 Å². The number of halogens is 1. The second kappa shape index (κ2) is 5.17. The van der Waals surface area contributed by atoms with Gasteiger partial charge < -0.3 is 4.74 Å². The number of aromatic nitrogens is 2. The molecule has 2 rings (SSSR count). The summed E-state index contributed by atoms with van der Waals surface area (Å²) in [6.07, 6.45) is 3.03. The van der Waals surface area contributed by atoms with Gasteiger partial charge in [0, 0.05) is 24.5 Å². The van der Waals surface area contributed by atoms with Gasteiger partial charge in [0.25, 0.3) is 0 Å². The highest BCUT2D eigenvalue weighted by atomic mass is 19.1. The van der Waals surface area contributed by atoms with Crippen molar-refractivity contribution in [2.75, 3.05) is 0 Å². The predicted molar refractivity (Wildman–Crippen MR) is 60.5 cm³/mol. The third kappa shape index (κ3) is 2.86.